The minimum atomic E-state index is -0.0252. The van der Waals surface area contributed by atoms with Gasteiger partial charge in [-0.05, 0) is 50.8 Å². The van der Waals surface area contributed by atoms with Gasteiger partial charge >= 0.3 is 0 Å². The fourth-order valence-electron chi connectivity index (χ4n) is 4.35. The Hall–Kier alpha value is -3.62. The Morgan fingerprint density at radius 1 is 1.06 bits per heavy atom. The van der Waals surface area contributed by atoms with Gasteiger partial charge in [-0.2, -0.15) is 5.10 Å². The molecule has 0 aliphatic carbocycles. The molecule has 0 saturated carbocycles. The van der Waals surface area contributed by atoms with E-state index in [1.807, 2.05) is 42.8 Å². The molecule has 180 valence electrons. The van der Waals surface area contributed by atoms with Crippen molar-refractivity contribution in [3.05, 3.63) is 53.1 Å². The number of hydrogen-bond donors (Lipinski definition) is 1. The van der Waals surface area contributed by atoms with E-state index >= 15 is 0 Å². The third kappa shape index (κ3) is 5.13. The molecule has 0 unspecified atom stereocenters. The van der Waals surface area contributed by atoms with E-state index in [0.717, 1.165) is 47.2 Å². The molecule has 4 rings (SSSR count). The van der Waals surface area contributed by atoms with Crippen molar-refractivity contribution in [1.82, 2.24) is 25.1 Å². The molecule has 1 aliphatic rings. The molecule has 34 heavy (non-hydrogen) atoms. The Morgan fingerprint density at radius 3 is 2.56 bits per heavy atom. The quantitative estimate of drug-likeness (QED) is 0.520. The summed E-state index contributed by atoms with van der Waals surface area (Å²) in [6.07, 6.45) is 4.95. The van der Waals surface area contributed by atoms with Crippen LogP contribution in [-0.2, 0) is 17.8 Å². The summed E-state index contributed by atoms with van der Waals surface area (Å²) in [7, 11) is 3.22. The molecule has 1 aliphatic heterocycles. The van der Waals surface area contributed by atoms with Gasteiger partial charge in [0.1, 0.15) is 23.6 Å². The van der Waals surface area contributed by atoms with Gasteiger partial charge in [0.25, 0.3) is 0 Å². The van der Waals surface area contributed by atoms with Gasteiger partial charge in [0.05, 0.1) is 19.9 Å². The van der Waals surface area contributed by atoms with Gasteiger partial charge in [0.2, 0.25) is 5.91 Å². The second kappa shape index (κ2) is 10.5. The second-order valence-electron chi connectivity index (χ2n) is 8.44. The van der Waals surface area contributed by atoms with E-state index in [-0.39, 0.29) is 5.91 Å². The van der Waals surface area contributed by atoms with E-state index in [0.29, 0.717) is 30.9 Å². The molecule has 0 bridgehead atoms. The first-order valence-corrected chi connectivity index (χ1v) is 11.6. The van der Waals surface area contributed by atoms with Gasteiger partial charge in [0.15, 0.2) is 5.82 Å². The van der Waals surface area contributed by atoms with Crippen LogP contribution in [0.3, 0.4) is 0 Å². The summed E-state index contributed by atoms with van der Waals surface area (Å²) in [5, 5.41) is 7.69. The number of carbonyl (C=O) groups excluding carboxylic acids is 1. The molecule has 3 aromatic rings. The van der Waals surface area contributed by atoms with Crippen LogP contribution in [0.5, 0.6) is 11.5 Å². The topological polar surface area (TPSA) is 94.4 Å². The number of ether oxygens (including phenoxy) is 2. The lowest BCUT2D eigenvalue weighted by molar-refractivity contribution is -0.121. The molecule has 2 aromatic heterocycles. The summed E-state index contributed by atoms with van der Waals surface area (Å²) >= 11 is 0. The van der Waals surface area contributed by atoms with Gasteiger partial charge < -0.3 is 19.7 Å². The molecule has 9 nitrogen and oxygen atoms in total. The Balaban J connectivity index is 1.40. The monoisotopic (exact) mass is 464 g/mol. The fourth-order valence-corrected chi connectivity index (χ4v) is 4.35. The van der Waals surface area contributed by atoms with Crippen LogP contribution < -0.4 is 19.7 Å². The third-order valence-corrected chi connectivity index (χ3v) is 6.30. The van der Waals surface area contributed by atoms with Crippen LogP contribution in [0.1, 0.15) is 41.8 Å². The summed E-state index contributed by atoms with van der Waals surface area (Å²) in [5.41, 5.74) is 3.87. The fraction of sp³-hybridized carbons (Fsp3) is 0.440. The number of rotatable bonds is 9. The summed E-state index contributed by atoms with van der Waals surface area (Å²) in [6.45, 7) is 6.44. The minimum absolute atomic E-state index is 0.0252. The average molecular weight is 465 g/mol. The summed E-state index contributed by atoms with van der Waals surface area (Å²) < 4.78 is 12.5. The lowest BCUT2D eigenvalue weighted by Gasteiger charge is -2.16. The number of nitrogens with one attached hydrogen (secondary N) is 1. The SMILES string of the molecule is COc1ccc(CNC(=O)CCc2c(C)nn(-c3cc(N4CCCC4)ncn3)c2C)c(OC)c1. The number of nitrogens with zero attached hydrogens (tertiary/aromatic N) is 5. The van der Waals surface area contributed by atoms with Crippen molar-refractivity contribution in [3.63, 3.8) is 0 Å². The van der Waals surface area contributed by atoms with Crippen LogP contribution >= 0.6 is 0 Å². The highest BCUT2D eigenvalue weighted by Crippen LogP contribution is 2.25. The van der Waals surface area contributed by atoms with E-state index in [4.69, 9.17) is 14.6 Å². The van der Waals surface area contributed by atoms with Crippen molar-refractivity contribution in [1.29, 1.82) is 0 Å². The summed E-state index contributed by atoms with van der Waals surface area (Å²) in [5.74, 6) is 3.06. The van der Waals surface area contributed by atoms with Gasteiger partial charge in [-0.1, -0.05) is 0 Å². The molecule has 1 saturated heterocycles. The summed E-state index contributed by atoms with van der Waals surface area (Å²) in [4.78, 5) is 23.7. The number of methoxy groups -OCH3 is 2. The molecular formula is C25H32N6O3. The smallest absolute Gasteiger partial charge is 0.220 e. The molecule has 0 atom stereocenters. The molecule has 3 heterocycles. The van der Waals surface area contributed by atoms with E-state index in [1.54, 1.807) is 20.5 Å². The highest BCUT2D eigenvalue weighted by atomic mass is 16.5. The zero-order valence-electron chi connectivity index (χ0n) is 20.3. The van der Waals surface area contributed by atoms with Gasteiger partial charge in [-0.15, -0.1) is 0 Å². The van der Waals surface area contributed by atoms with Crippen LogP contribution in [0.2, 0.25) is 0 Å². The van der Waals surface area contributed by atoms with E-state index in [2.05, 4.69) is 20.2 Å². The molecule has 1 N–H and O–H groups in total. The number of carbonyl (C=O) groups is 1. The van der Waals surface area contributed by atoms with Crippen molar-refractivity contribution < 1.29 is 14.3 Å². The summed E-state index contributed by atoms with van der Waals surface area (Å²) in [6, 6.07) is 7.55. The first-order chi connectivity index (χ1) is 16.5. The number of amides is 1. The zero-order chi connectivity index (χ0) is 24.1. The van der Waals surface area contributed by atoms with E-state index in [1.165, 1.54) is 12.8 Å². The van der Waals surface area contributed by atoms with Gasteiger partial charge in [0, 0.05) is 49.4 Å². The molecule has 1 aromatic carbocycles. The molecule has 9 heteroatoms. The largest absolute Gasteiger partial charge is 0.497 e. The minimum Gasteiger partial charge on any atom is -0.497 e. The lowest BCUT2D eigenvalue weighted by atomic mass is 10.1. The van der Waals surface area contributed by atoms with Crippen molar-refractivity contribution in [2.75, 3.05) is 32.2 Å². The Bertz CT molecular complexity index is 1150. The van der Waals surface area contributed by atoms with Gasteiger partial charge in [-0.25, -0.2) is 14.6 Å². The number of anilines is 1. The van der Waals surface area contributed by atoms with Crippen LogP contribution in [0.15, 0.2) is 30.6 Å². The first kappa shape index (κ1) is 23.5. The lowest BCUT2D eigenvalue weighted by Crippen LogP contribution is -2.23. The Kier molecular flexibility index (Phi) is 7.30. The molecule has 1 amide bonds. The number of aryl methyl sites for hydroxylation is 1. The highest BCUT2D eigenvalue weighted by molar-refractivity contribution is 5.76. The Morgan fingerprint density at radius 2 is 1.82 bits per heavy atom. The maximum atomic E-state index is 12.6. The first-order valence-electron chi connectivity index (χ1n) is 11.6. The number of benzene rings is 1. The van der Waals surface area contributed by atoms with Crippen LogP contribution in [0, 0.1) is 13.8 Å². The maximum absolute atomic E-state index is 12.6. The number of hydrogen-bond acceptors (Lipinski definition) is 7. The van der Waals surface area contributed by atoms with Crippen molar-refractivity contribution in [2.24, 2.45) is 0 Å². The van der Waals surface area contributed by atoms with E-state index < -0.39 is 0 Å². The van der Waals surface area contributed by atoms with Crippen LogP contribution in [0.25, 0.3) is 5.82 Å². The maximum Gasteiger partial charge on any atom is 0.220 e. The predicted octanol–water partition coefficient (Wildman–Crippen LogP) is 3.15. The third-order valence-electron chi connectivity index (χ3n) is 6.30. The molecule has 0 spiro atoms. The average Bonchev–Trinajstić information content (AvgIpc) is 3.50. The number of aromatic nitrogens is 4. The van der Waals surface area contributed by atoms with Crippen molar-refractivity contribution in [3.8, 4) is 17.3 Å². The van der Waals surface area contributed by atoms with Gasteiger partial charge in [-0.3, -0.25) is 4.79 Å². The van der Waals surface area contributed by atoms with Crippen LogP contribution in [0.4, 0.5) is 5.82 Å². The zero-order valence-corrected chi connectivity index (χ0v) is 20.3. The Labute approximate surface area is 200 Å². The predicted molar refractivity (Wildman–Crippen MR) is 130 cm³/mol. The van der Waals surface area contributed by atoms with Crippen molar-refractivity contribution >= 4 is 11.7 Å². The second-order valence-corrected chi connectivity index (χ2v) is 8.44. The molecule has 0 radical (unpaired) electrons. The van der Waals surface area contributed by atoms with Crippen molar-refractivity contribution in [2.45, 2.75) is 46.1 Å². The molecular weight excluding hydrogens is 432 g/mol. The van der Waals surface area contributed by atoms with E-state index in [9.17, 15) is 4.79 Å². The highest BCUT2D eigenvalue weighted by Gasteiger charge is 2.18. The van der Waals surface area contributed by atoms with Crippen LogP contribution in [-0.4, -0.2) is 53.0 Å². The normalized spacial score (nSPS) is 13.2. The standard InChI is InChI=1S/C25H32N6O3/c1-17-21(9-10-25(32)26-15-19-7-8-20(33-3)13-22(19)34-4)18(2)31(29-17)24-14-23(27-16-28-24)30-11-5-6-12-30/h7-8,13-14,16H,5-6,9-12,15H2,1-4H3,(H,26,32). The molecule has 1 fully saturated rings.